The van der Waals surface area contributed by atoms with Gasteiger partial charge in [0.1, 0.15) is 27.6 Å². The molecule has 2 aromatic carbocycles. The van der Waals surface area contributed by atoms with Gasteiger partial charge < -0.3 is 24.7 Å². The first-order chi connectivity index (χ1) is 18.8. The van der Waals surface area contributed by atoms with E-state index in [1.165, 1.54) is 17.4 Å². The van der Waals surface area contributed by atoms with E-state index in [0.717, 1.165) is 42.9 Å². The summed E-state index contributed by atoms with van der Waals surface area (Å²) in [6, 6.07) is 9.02. The SMILES string of the molecule is COc1cnc2c(-c3nc4c(C)cc5c(c4s3)OC[C@@H](Cc3nc(Cl)ccc3OC(N)=O)O5)cc(C)cc2n1. The fourth-order valence-electron chi connectivity index (χ4n) is 4.55. The predicted octanol–water partition coefficient (Wildman–Crippen LogP) is 5.42. The molecule has 1 aliphatic heterocycles. The number of fused-ring (bicyclic) bond motifs is 4. The topological polar surface area (TPSA) is 132 Å². The number of aryl methyl sites for hydroxylation is 2. The first kappa shape index (κ1) is 25.1. The van der Waals surface area contributed by atoms with Gasteiger partial charge >= 0.3 is 6.09 Å². The number of nitrogens with zero attached hydrogens (tertiary/aromatic N) is 4. The molecule has 198 valence electrons. The van der Waals surface area contributed by atoms with E-state index < -0.39 is 12.2 Å². The number of nitrogens with two attached hydrogens (primary N) is 1. The lowest BCUT2D eigenvalue weighted by molar-refractivity contribution is 0.0918. The molecule has 0 aliphatic carbocycles. The lowest BCUT2D eigenvalue weighted by atomic mass is 10.1. The summed E-state index contributed by atoms with van der Waals surface area (Å²) in [5.74, 6) is 1.92. The Kier molecular flexibility index (Phi) is 6.32. The van der Waals surface area contributed by atoms with Crippen LogP contribution in [0.5, 0.6) is 23.1 Å². The van der Waals surface area contributed by atoms with E-state index in [4.69, 9.17) is 41.3 Å². The normalized spacial score (nSPS) is 14.5. The second kappa shape index (κ2) is 9.83. The Morgan fingerprint density at radius 2 is 2.03 bits per heavy atom. The Bertz CT molecular complexity index is 1780. The van der Waals surface area contributed by atoms with Gasteiger partial charge in [-0.2, -0.15) is 0 Å². The Labute approximate surface area is 231 Å². The largest absolute Gasteiger partial charge is 0.484 e. The molecule has 0 fully saturated rings. The molecule has 0 radical (unpaired) electrons. The molecule has 3 aromatic heterocycles. The van der Waals surface area contributed by atoms with Crippen molar-refractivity contribution in [3.05, 3.63) is 58.5 Å². The molecule has 0 saturated carbocycles. The summed E-state index contributed by atoms with van der Waals surface area (Å²) in [7, 11) is 1.57. The monoisotopic (exact) mass is 563 g/mol. The number of amides is 1. The van der Waals surface area contributed by atoms with Gasteiger partial charge in [0.05, 0.1) is 35.6 Å². The first-order valence-electron chi connectivity index (χ1n) is 12.0. The quantitative estimate of drug-likeness (QED) is 0.278. The Hall–Kier alpha value is -4.22. The maximum absolute atomic E-state index is 11.3. The van der Waals surface area contributed by atoms with Crippen molar-refractivity contribution in [1.29, 1.82) is 0 Å². The van der Waals surface area contributed by atoms with Crippen LogP contribution in [-0.4, -0.2) is 45.8 Å². The van der Waals surface area contributed by atoms with Crippen molar-refractivity contribution in [2.24, 2.45) is 5.73 Å². The molecule has 5 aromatic rings. The van der Waals surface area contributed by atoms with Crippen LogP contribution in [0.15, 0.2) is 36.5 Å². The molecule has 1 atom stereocenters. The van der Waals surface area contributed by atoms with E-state index in [-0.39, 0.29) is 17.5 Å². The number of pyridine rings is 1. The van der Waals surface area contributed by atoms with Crippen LogP contribution in [0.4, 0.5) is 4.79 Å². The van der Waals surface area contributed by atoms with Gasteiger partial charge in [-0.3, -0.25) is 0 Å². The smallest absolute Gasteiger partial charge is 0.410 e. The van der Waals surface area contributed by atoms with Crippen LogP contribution in [0.3, 0.4) is 0 Å². The second-order valence-electron chi connectivity index (χ2n) is 9.06. The van der Waals surface area contributed by atoms with Crippen LogP contribution in [0.25, 0.3) is 31.8 Å². The fraction of sp³-hybridized carbons (Fsp3) is 0.222. The number of aromatic nitrogens is 4. The second-order valence-corrected chi connectivity index (χ2v) is 10.5. The zero-order valence-electron chi connectivity index (χ0n) is 21.1. The molecule has 39 heavy (non-hydrogen) atoms. The number of methoxy groups -OCH3 is 1. The number of thiazole rings is 1. The van der Waals surface area contributed by atoms with Gasteiger partial charge in [0.2, 0.25) is 5.88 Å². The van der Waals surface area contributed by atoms with Crippen LogP contribution in [-0.2, 0) is 6.42 Å². The average molecular weight is 564 g/mol. The van der Waals surface area contributed by atoms with Gasteiger partial charge in [0, 0.05) is 12.0 Å². The number of ether oxygens (including phenoxy) is 4. The molecular formula is C27H22ClN5O5S. The first-order valence-corrected chi connectivity index (χ1v) is 13.2. The zero-order valence-corrected chi connectivity index (χ0v) is 22.7. The summed E-state index contributed by atoms with van der Waals surface area (Å²) in [5.41, 5.74) is 10.8. The molecule has 10 nitrogen and oxygen atoms in total. The highest BCUT2D eigenvalue weighted by molar-refractivity contribution is 7.22. The van der Waals surface area contributed by atoms with Gasteiger partial charge in [-0.1, -0.05) is 11.6 Å². The summed E-state index contributed by atoms with van der Waals surface area (Å²) in [6.07, 6.45) is 0.573. The molecule has 0 spiro atoms. The maximum atomic E-state index is 11.3. The molecule has 1 aliphatic rings. The van der Waals surface area contributed by atoms with Crippen LogP contribution in [0.1, 0.15) is 16.8 Å². The van der Waals surface area contributed by atoms with E-state index in [2.05, 4.69) is 21.0 Å². The minimum Gasteiger partial charge on any atom is -0.484 e. The molecule has 2 N–H and O–H groups in total. The van der Waals surface area contributed by atoms with E-state index >= 15 is 0 Å². The van der Waals surface area contributed by atoms with E-state index in [1.807, 2.05) is 26.0 Å². The minimum atomic E-state index is -0.933. The lowest BCUT2D eigenvalue weighted by Gasteiger charge is -2.27. The third-order valence-electron chi connectivity index (χ3n) is 6.22. The highest BCUT2D eigenvalue weighted by Crippen LogP contribution is 2.46. The minimum absolute atomic E-state index is 0.228. The lowest BCUT2D eigenvalue weighted by Crippen LogP contribution is -2.32. The standard InChI is InChI=1S/C27H22ClN5O5S/c1-12-6-15(23-17(7-12)32-21(35-3)10-30-23)26-33-22-13(2)8-19-24(25(22)39-26)36-11-14(37-19)9-16-18(38-27(29)34)4-5-20(28)31-16/h4-8,10,14H,9,11H2,1-3H3,(H2,29,34)/t14-/m1/s1. The van der Waals surface area contributed by atoms with E-state index in [0.29, 0.717) is 29.5 Å². The number of hydrogen-bond acceptors (Lipinski definition) is 10. The molecule has 4 heterocycles. The van der Waals surface area contributed by atoms with E-state index in [1.54, 1.807) is 19.4 Å². The zero-order chi connectivity index (χ0) is 27.3. The number of carbonyl (C=O) groups is 1. The molecule has 12 heteroatoms. The van der Waals surface area contributed by atoms with E-state index in [9.17, 15) is 4.79 Å². The fourth-order valence-corrected chi connectivity index (χ4v) is 5.86. The molecule has 0 unspecified atom stereocenters. The van der Waals surface area contributed by atoms with Crippen molar-refractivity contribution in [3.8, 4) is 33.7 Å². The van der Waals surface area contributed by atoms with Gasteiger partial charge in [0.25, 0.3) is 0 Å². The number of primary amides is 1. The number of hydrogen-bond donors (Lipinski definition) is 1. The van der Waals surface area contributed by atoms with Crippen molar-refractivity contribution < 1.29 is 23.7 Å². The van der Waals surface area contributed by atoms with Crippen molar-refractivity contribution >= 4 is 50.3 Å². The van der Waals surface area contributed by atoms with Crippen molar-refractivity contribution in [2.45, 2.75) is 26.4 Å². The molecule has 1 amide bonds. The number of halogens is 1. The number of rotatable bonds is 5. The van der Waals surface area contributed by atoms with Crippen molar-refractivity contribution in [2.75, 3.05) is 13.7 Å². The van der Waals surface area contributed by atoms with Crippen LogP contribution < -0.4 is 24.7 Å². The summed E-state index contributed by atoms with van der Waals surface area (Å²) in [4.78, 5) is 29.7. The molecular weight excluding hydrogens is 542 g/mol. The predicted molar refractivity (Wildman–Crippen MR) is 147 cm³/mol. The molecule has 0 saturated heterocycles. The third-order valence-corrected chi connectivity index (χ3v) is 7.52. The van der Waals surface area contributed by atoms with Crippen LogP contribution >= 0.6 is 22.9 Å². The highest BCUT2D eigenvalue weighted by atomic mass is 35.5. The maximum Gasteiger partial charge on any atom is 0.410 e. The summed E-state index contributed by atoms with van der Waals surface area (Å²) in [6.45, 7) is 4.24. The summed E-state index contributed by atoms with van der Waals surface area (Å²) < 4.78 is 23.8. The Morgan fingerprint density at radius 3 is 2.82 bits per heavy atom. The van der Waals surface area contributed by atoms with Crippen molar-refractivity contribution in [3.63, 3.8) is 0 Å². The molecule has 0 bridgehead atoms. The number of benzene rings is 2. The summed E-state index contributed by atoms with van der Waals surface area (Å²) >= 11 is 7.59. The Balaban J connectivity index is 1.36. The van der Waals surface area contributed by atoms with Gasteiger partial charge in [-0.25, -0.2) is 24.7 Å². The van der Waals surface area contributed by atoms with Gasteiger partial charge in [-0.15, -0.1) is 11.3 Å². The third kappa shape index (κ3) is 4.75. The van der Waals surface area contributed by atoms with Crippen LogP contribution in [0, 0.1) is 13.8 Å². The Morgan fingerprint density at radius 1 is 1.18 bits per heavy atom. The van der Waals surface area contributed by atoms with Gasteiger partial charge in [-0.05, 0) is 55.3 Å². The van der Waals surface area contributed by atoms with Crippen LogP contribution in [0.2, 0.25) is 5.15 Å². The summed E-state index contributed by atoms with van der Waals surface area (Å²) in [5, 5.41) is 1.07. The molecule has 6 rings (SSSR count). The number of carbonyl (C=O) groups excluding carboxylic acids is 1. The highest BCUT2D eigenvalue weighted by Gasteiger charge is 2.28. The average Bonchev–Trinajstić information content (AvgIpc) is 3.35. The van der Waals surface area contributed by atoms with Crippen molar-refractivity contribution in [1.82, 2.24) is 19.9 Å². The van der Waals surface area contributed by atoms with Gasteiger partial charge in [0.15, 0.2) is 17.2 Å².